The van der Waals surface area contributed by atoms with Crippen molar-refractivity contribution in [2.45, 2.75) is 104 Å². The highest BCUT2D eigenvalue weighted by atomic mass is 16.6. The van der Waals surface area contributed by atoms with Crippen LogP contribution in [0.1, 0.15) is 86.0 Å². The Labute approximate surface area is 375 Å². The summed E-state index contributed by atoms with van der Waals surface area (Å²) in [7, 11) is 0. The van der Waals surface area contributed by atoms with Gasteiger partial charge in [-0.25, -0.2) is 4.79 Å². The van der Waals surface area contributed by atoms with Gasteiger partial charge in [0.15, 0.2) is 0 Å². The van der Waals surface area contributed by atoms with Crippen molar-refractivity contribution < 1.29 is 52.8 Å². The molecule has 360 valence electrons. The summed E-state index contributed by atoms with van der Waals surface area (Å²) in [6, 6.07) is 0. The summed E-state index contributed by atoms with van der Waals surface area (Å²) >= 11 is 0. The fourth-order valence-corrected chi connectivity index (χ4v) is 7.57. The van der Waals surface area contributed by atoms with E-state index in [2.05, 4.69) is 45.3 Å². The molecule has 63 heavy (non-hydrogen) atoms. The number of amides is 5. The number of unbranched alkanes of at least 4 members (excludes halogenated alkanes) is 2. The van der Waals surface area contributed by atoms with Gasteiger partial charge in [-0.2, -0.15) is 0 Å². The van der Waals surface area contributed by atoms with E-state index >= 15 is 0 Å². The molecule has 3 rings (SSSR count). The van der Waals surface area contributed by atoms with E-state index in [1.165, 1.54) is 0 Å². The van der Waals surface area contributed by atoms with Crippen molar-refractivity contribution >= 4 is 29.7 Å². The monoisotopic (exact) mass is 894 g/mol. The quantitative estimate of drug-likeness (QED) is 0.102. The van der Waals surface area contributed by atoms with Crippen LogP contribution in [-0.2, 0) is 42.9 Å². The van der Waals surface area contributed by atoms with Crippen LogP contribution >= 0.6 is 0 Å². The molecule has 5 amide bonds. The maximum absolute atomic E-state index is 13.8. The van der Waals surface area contributed by atoms with E-state index in [0.717, 1.165) is 25.7 Å². The number of carbonyl (C=O) groups is 5. The number of hydrogen-bond acceptors (Lipinski definition) is 13. The molecule has 2 unspecified atom stereocenters. The minimum Gasteiger partial charge on any atom is -0.444 e. The topological polar surface area (TPSA) is 218 Å². The van der Waals surface area contributed by atoms with Crippen molar-refractivity contribution in [3.8, 4) is 0 Å². The summed E-state index contributed by atoms with van der Waals surface area (Å²) in [5.41, 5.74) is 0.311. The number of β-amino-alcohol motifs (C(OH)–C–C–N with tert-alkyl or cyclic N) is 1. The Balaban J connectivity index is 1.72. The number of allylic oxidation sites excluding steroid dienone is 2. The van der Waals surface area contributed by atoms with Gasteiger partial charge in [0.2, 0.25) is 23.6 Å². The molecule has 18 heteroatoms. The Morgan fingerprint density at radius 2 is 1.14 bits per heavy atom. The Bertz CT molecular complexity index is 1380. The second-order valence-corrected chi connectivity index (χ2v) is 17.1. The summed E-state index contributed by atoms with van der Waals surface area (Å²) in [6.45, 7) is 15.8. The van der Waals surface area contributed by atoms with Crippen LogP contribution in [0.3, 0.4) is 0 Å². The number of aliphatic hydroxyl groups is 1. The number of hydrogen-bond donors (Lipinski definition) is 6. The highest BCUT2D eigenvalue weighted by Crippen LogP contribution is 2.30. The maximum atomic E-state index is 13.8. The van der Waals surface area contributed by atoms with E-state index in [9.17, 15) is 29.1 Å². The number of fused-ring (bicyclic) bond motifs is 4. The minimum absolute atomic E-state index is 0.0906. The third-order valence-corrected chi connectivity index (χ3v) is 11.0. The zero-order valence-electron chi connectivity index (χ0n) is 38.8. The van der Waals surface area contributed by atoms with Gasteiger partial charge in [0.25, 0.3) is 0 Å². The Hall–Kier alpha value is -3.65. The highest BCUT2D eigenvalue weighted by Gasteiger charge is 2.38. The molecule has 4 atom stereocenters. The molecular weight excluding hydrogens is 815 g/mol. The number of nitrogens with one attached hydrogen (secondary N) is 5. The first-order valence-electron chi connectivity index (χ1n) is 23.3. The second kappa shape index (κ2) is 30.5. The van der Waals surface area contributed by atoms with E-state index in [1.807, 2.05) is 17.1 Å². The molecule has 1 fully saturated rings. The molecule has 2 aliphatic carbocycles. The average Bonchev–Trinajstić information content (AvgIpc) is 3.24. The van der Waals surface area contributed by atoms with Gasteiger partial charge in [0, 0.05) is 96.4 Å². The molecule has 1 aliphatic heterocycles. The van der Waals surface area contributed by atoms with Crippen molar-refractivity contribution in [2.24, 2.45) is 11.8 Å². The maximum Gasteiger partial charge on any atom is 0.407 e. The predicted octanol–water partition coefficient (Wildman–Crippen LogP) is 1.66. The molecule has 3 aliphatic rings. The van der Waals surface area contributed by atoms with E-state index in [0.29, 0.717) is 135 Å². The average molecular weight is 894 g/mol. The molecule has 1 saturated heterocycles. The Morgan fingerprint density at radius 1 is 0.683 bits per heavy atom. The SMILES string of the molecule is CCCCOC1C2=CCC[C@@H]1C(=O)NCCN(CCOCCOCCNC(=O)OC(C)(C)C)CCNC(=O)[C@@H]1CCC=C(C(=O)NCCN(CCO)CCNC2=O)C1OCCCC. The summed E-state index contributed by atoms with van der Waals surface area (Å²) < 4.78 is 29.2. The van der Waals surface area contributed by atoms with Crippen molar-refractivity contribution in [3.63, 3.8) is 0 Å². The van der Waals surface area contributed by atoms with E-state index in [4.69, 9.17) is 23.7 Å². The first-order valence-corrected chi connectivity index (χ1v) is 23.3. The fraction of sp³-hybridized carbons (Fsp3) is 0.800. The van der Waals surface area contributed by atoms with Crippen LogP contribution in [-0.4, -0.2) is 181 Å². The fourth-order valence-electron chi connectivity index (χ4n) is 7.57. The van der Waals surface area contributed by atoms with Gasteiger partial charge >= 0.3 is 6.09 Å². The van der Waals surface area contributed by atoms with Crippen LogP contribution in [0.2, 0.25) is 0 Å². The summed E-state index contributed by atoms with van der Waals surface area (Å²) in [6.07, 6.45) is 7.43. The molecule has 0 radical (unpaired) electrons. The molecule has 18 nitrogen and oxygen atoms in total. The molecule has 1 heterocycles. The molecule has 0 aromatic rings. The molecule has 6 N–H and O–H groups in total. The van der Waals surface area contributed by atoms with Crippen molar-refractivity contribution in [3.05, 3.63) is 23.3 Å². The summed E-state index contributed by atoms with van der Waals surface area (Å²) in [5, 5.41) is 24.6. The van der Waals surface area contributed by atoms with Gasteiger partial charge in [-0.05, 0) is 59.3 Å². The smallest absolute Gasteiger partial charge is 0.407 e. The van der Waals surface area contributed by atoms with Gasteiger partial charge in [0.05, 0.1) is 57.1 Å². The largest absolute Gasteiger partial charge is 0.444 e. The Morgan fingerprint density at radius 3 is 1.60 bits per heavy atom. The number of carbonyl (C=O) groups excluding carboxylic acids is 5. The zero-order chi connectivity index (χ0) is 45.9. The van der Waals surface area contributed by atoms with Gasteiger partial charge in [-0.1, -0.05) is 38.8 Å². The first-order chi connectivity index (χ1) is 30.4. The Kier molecular flexibility index (Phi) is 26.0. The lowest BCUT2D eigenvalue weighted by Gasteiger charge is -2.32. The zero-order valence-corrected chi connectivity index (χ0v) is 38.8. The summed E-state index contributed by atoms with van der Waals surface area (Å²) in [5.74, 6) is -2.04. The predicted molar refractivity (Wildman–Crippen MR) is 239 cm³/mol. The van der Waals surface area contributed by atoms with Crippen LogP contribution in [0.5, 0.6) is 0 Å². The lowest BCUT2D eigenvalue weighted by Crippen LogP contribution is -2.49. The first kappa shape index (κ1) is 53.7. The van der Waals surface area contributed by atoms with Gasteiger partial charge < -0.3 is 55.4 Å². The molecule has 4 bridgehead atoms. The van der Waals surface area contributed by atoms with Crippen LogP contribution in [0.25, 0.3) is 0 Å². The van der Waals surface area contributed by atoms with Crippen molar-refractivity contribution in [2.75, 3.05) is 118 Å². The molecule has 0 saturated carbocycles. The lowest BCUT2D eigenvalue weighted by molar-refractivity contribution is -0.132. The summed E-state index contributed by atoms with van der Waals surface area (Å²) in [4.78, 5) is 70.9. The van der Waals surface area contributed by atoms with Gasteiger partial charge in [0.1, 0.15) is 5.60 Å². The number of alkyl carbamates (subject to hydrolysis) is 1. The second-order valence-electron chi connectivity index (χ2n) is 17.1. The van der Waals surface area contributed by atoms with Gasteiger partial charge in [-0.15, -0.1) is 0 Å². The lowest BCUT2D eigenvalue weighted by atomic mass is 9.84. The highest BCUT2D eigenvalue weighted by molar-refractivity contribution is 5.97. The molecular formula is C45H79N7O11. The van der Waals surface area contributed by atoms with E-state index in [-0.39, 0.29) is 43.3 Å². The van der Waals surface area contributed by atoms with Crippen LogP contribution < -0.4 is 26.6 Å². The number of aliphatic hydroxyl groups excluding tert-OH is 1. The molecule has 0 aromatic heterocycles. The minimum atomic E-state index is -0.696. The van der Waals surface area contributed by atoms with Crippen molar-refractivity contribution in [1.29, 1.82) is 0 Å². The number of nitrogens with zero attached hydrogens (tertiary/aromatic N) is 2. The van der Waals surface area contributed by atoms with Crippen LogP contribution in [0, 0.1) is 11.8 Å². The number of rotatable bonds is 19. The van der Waals surface area contributed by atoms with Crippen LogP contribution in [0.15, 0.2) is 23.3 Å². The van der Waals surface area contributed by atoms with Crippen LogP contribution in [0.4, 0.5) is 4.79 Å². The normalized spacial score (nSPS) is 23.3. The molecule has 0 spiro atoms. The molecule has 0 aromatic carbocycles. The number of ether oxygens (including phenoxy) is 5. The third-order valence-electron chi connectivity index (χ3n) is 11.0. The third kappa shape index (κ3) is 20.8. The van der Waals surface area contributed by atoms with Gasteiger partial charge in [-0.3, -0.25) is 29.0 Å². The van der Waals surface area contributed by atoms with E-state index < -0.39 is 35.7 Å². The standard InChI is InChI=1S/C45H79N7O11/c1-6-8-28-61-38-34-12-10-14-36(38)42(56)48-18-23-52(26-31-60-33-32-59-30-20-50-44(58)63-45(3,4)5)24-19-49-43(57)37-15-11-13-35(39(37)62-29-9-7-2)41(55)47-17-22-51(25-27-53)21-16-46-40(34)54/h12-13,36-39,53H,6-11,14-33H2,1-5H3,(H,46,54)(H,47,55)(H,48,56)(H,49,57)(H,50,58)/t36-,37+,38?,39?. The van der Waals surface area contributed by atoms with E-state index in [1.54, 1.807) is 20.8 Å². The van der Waals surface area contributed by atoms with Crippen molar-refractivity contribution in [1.82, 2.24) is 36.4 Å².